The minimum absolute atomic E-state index is 0.359. The Kier molecular flexibility index (Phi) is 9.37. The summed E-state index contributed by atoms with van der Waals surface area (Å²) >= 11 is -0.298. The molecule has 0 fully saturated rings. The summed E-state index contributed by atoms with van der Waals surface area (Å²) in [6.07, 6.45) is 8.11. The van der Waals surface area contributed by atoms with Crippen LogP contribution in [-0.2, 0) is 0 Å². The molecule has 0 saturated carbocycles. The molecule has 2 N–H and O–H groups in total. The molecule has 0 aliphatic carbocycles. The number of nitrogens with two attached hydrogens (primary N) is 1. The van der Waals surface area contributed by atoms with Crippen molar-refractivity contribution in [1.82, 2.24) is 0 Å². The van der Waals surface area contributed by atoms with E-state index in [-0.39, 0.29) is 5.91 Å². The zero-order valence-corrected chi connectivity index (χ0v) is 20.9. The molecule has 0 radical (unpaired) electrons. The Labute approximate surface area is 173 Å². The van der Waals surface area contributed by atoms with E-state index in [1.54, 1.807) is 2.89 Å². The monoisotopic (exact) mass is 493 g/mol. The second kappa shape index (κ2) is 11.3. The topological polar surface area (TPSA) is 43.1 Å². The van der Waals surface area contributed by atoms with Gasteiger partial charge in [0, 0.05) is 0 Å². The molecule has 2 rings (SSSR count). The van der Waals surface area contributed by atoms with E-state index in [9.17, 15) is 4.79 Å². The Morgan fingerprint density at radius 2 is 1.37 bits per heavy atom. The van der Waals surface area contributed by atoms with Crippen molar-refractivity contribution in [2.24, 2.45) is 5.73 Å². The van der Waals surface area contributed by atoms with Crippen LogP contribution < -0.4 is 8.63 Å². The van der Waals surface area contributed by atoms with E-state index in [2.05, 4.69) is 32.9 Å². The first-order valence-electron chi connectivity index (χ1n) is 10.6. The number of carbonyl (C=O) groups is 1. The second-order valence-corrected chi connectivity index (χ2v) is 22.9. The van der Waals surface area contributed by atoms with Gasteiger partial charge in [-0.1, -0.05) is 0 Å². The van der Waals surface area contributed by atoms with Gasteiger partial charge in [-0.15, -0.1) is 0 Å². The summed E-state index contributed by atoms with van der Waals surface area (Å²) in [4.78, 5) is 12.7. The molecule has 0 unspecified atom stereocenters. The van der Waals surface area contributed by atoms with Gasteiger partial charge in [0.1, 0.15) is 0 Å². The van der Waals surface area contributed by atoms with Gasteiger partial charge in [0.05, 0.1) is 0 Å². The van der Waals surface area contributed by atoms with Crippen LogP contribution in [0.1, 0.15) is 69.7 Å². The van der Waals surface area contributed by atoms with E-state index in [4.69, 9.17) is 5.73 Å². The number of benzene rings is 1. The fourth-order valence-corrected chi connectivity index (χ4v) is 24.0. The summed E-state index contributed by atoms with van der Waals surface area (Å²) in [6, 6.07) is 12.5. The predicted octanol–water partition coefficient (Wildman–Crippen LogP) is 6.57. The summed E-state index contributed by atoms with van der Waals surface area (Å²) in [5.74, 6) is -0.359. The third-order valence-electron chi connectivity index (χ3n) is 5.61. The molecule has 1 aromatic heterocycles. The van der Waals surface area contributed by atoms with E-state index in [0.29, 0.717) is 5.56 Å². The first kappa shape index (κ1) is 22.5. The number of thiophene rings is 1. The van der Waals surface area contributed by atoms with Crippen molar-refractivity contribution in [2.75, 3.05) is 0 Å². The van der Waals surface area contributed by atoms with Gasteiger partial charge < -0.3 is 0 Å². The van der Waals surface area contributed by atoms with Crippen LogP contribution in [0.4, 0.5) is 0 Å². The molecule has 148 valence electrons. The van der Waals surface area contributed by atoms with Crippen LogP contribution >= 0.6 is 11.3 Å². The van der Waals surface area contributed by atoms with Crippen LogP contribution in [0.2, 0.25) is 13.3 Å². The summed E-state index contributed by atoms with van der Waals surface area (Å²) in [7, 11) is 0. The van der Waals surface area contributed by atoms with E-state index in [1.807, 2.05) is 35.6 Å². The van der Waals surface area contributed by atoms with Gasteiger partial charge in [0.2, 0.25) is 0 Å². The molecule has 4 heteroatoms. The number of amides is 1. The molecule has 2 aromatic rings. The summed E-state index contributed by atoms with van der Waals surface area (Å²) < 4.78 is 6.28. The van der Waals surface area contributed by atoms with Crippen molar-refractivity contribution in [3.8, 4) is 10.4 Å². The average Bonchev–Trinajstić information content (AvgIpc) is 3.18. The van der Waals surface area contributed by atoms with Crippen LogP contribution in [0.3, 0.4) is 0 Å². The summed E-state index contributed by atoms with van der Waals surface area (Å²) in [5.41, 5.74) is 7.16. The average molecular weight is 492 g/mol. The van der Waals surface area contributed by atoms with Crippen molar-refractivity contribution in [3.05, 3.63) is 42.0 Å². The minimum atomic E-state index is -2.33. The second-order valence-electron chi connectivity index (χ2n) is 7.70. The first-order valence-corrected chi connectivity index (χ1v) is 18.9. The van der Waals surface area contributed by atoms with E-state index < -0.39 is 18.4 Å². The zero-order chi connectivity index (χ0) is 19.7. The quantitative estimate of drug-likeness (QED) is 0.335. The fourth-order valence-electron chi connectivity index (χ4n) is 3.87. The van der Waals surface area contributed by atoms with Crippen molar-refractivity contribution in [1.29, 1.82) is 0 Å². The summed E-state index contributed by atoms with van der Waals surface area (Å²) in [6.45, 7) is 6.99. The van der Waals surface area contributed by atoms with Crippen LogP contribution in [0.5, 0.6) is 0 Å². The number of unbranched alkanes of at least 4 members (excludes halogenated alkanes) is 3. The molecule has 0 saturated heterocycles. The number of hydrogen-bond acceptors (Lipinski definition) is 2. The molecule has 1 amide bonds. The Hall–Kier alpha value is -0.811. The molecule has 1 aromatic carbocycles. The first-order chi connectivity index (χ1) is 13.1. The molecule has 0 spiro atoms. The normalized spacial score (nSPS) is 11.7. The van der Waals surface area contributed by atoms with Crippen molar-refractivity contribution >= 4 is 38.5 Å². The number of primary amides is 1. The van der Waals surface area contributed by atoms with Gasteiger partial charge in [-0.3, -0.25) is 0 Å². The molecule has 27 heavy (non-hydrogen) atoms. The molecule has 0 aliphatic rings. The van der Waals surface area contributed by atoms with Gasteiger partial charge >= 0.3 is 174 Å². The Morgan fingerprint density at radius 1 is 0.852 bits per heavy atom. The molecule has 0 atom stereocenters. The molecule has 0 bridgehead atoms. The Morgan fingerprint density at radius 3 is 1.81 bits per heavy atom. The number of rotatable bonds is 12. The van der Waals surface area contributed by atoms with Crippen LogP contribution in [0, 0.1) is 0 Å². The maximum absolute atomic E-state index is 11.3. The van der Waals surface area contributed by atoms with Crippen molar-refractivity contribution < 1.29 is 4.79 Å². The van der Waals surface area contributed by atoms with Gasteiger partial charge in [0.15, 0.2) is 0 Å². The molecule has 0 aliphatic heterocycles. The van der Waals surface area contributed by atoms with Gasteiger partial charge in [-0.25, -0.2) is 0 Å². The van der Waals surface area contributed by atoms with Gasteiger partial charge in [0.25, 0.3) is 0 Å². The number of hydrogen-bond donors (Lipinski definition) is 1. The predicted molar refractivity (Wildman–Crippen MR) is 123 cm³/mol. The maximum atomic E-state index is 11.3. The fraction of sp³-hybridized carbons (Fsp3) is 0.522. The van der Waals surface area contributed by atoms with Crippen molar-refractivity contribution in [2.45, 2.75) is 72.6 Å². The molecular weight excluding hydrogens is 457 g/mol. The third-order valence-corrected chi connectivity index (χ3v) is 25.0. The van der Waals surface area contributed by atoms with Crippen LogP contribution in [0.25, 0.3) is 10.4 Å². The molecular formula is C23H35NOSSn. The number of carbonyl (C=O) groups excluding carboxylic acids is 1. The molecule has 2 nitrogen and oxygen atoms in total. The summed E-state index contributed by atoms with van der Waals surface area (Å²) in [5, 5.41) is 0. The Bertz CT molecular complexity index is 686. The molecule has 1 heterocycles. The standard InChI is InChI=1S/C11H8NOS.3C4H9.Sn/c12-11(13)9-5-3-8(4-6-9)10-2-1-7-14-10;3*1-3-4-2;/h1-6H,(H2,12,13);3*1,3-4H2,2H3;. The van der Waals surface area contributed by atoms with Crippen molar-refractivity contribution in [3.63, 3.8) is 0 Å². The Balaban J connectivity index is 2.33. The van der Waals surface area contributed by atoms with E-state index in [1.165, 1.54) is 62.3 Å². The van der Waals surface area contributed by atoms with Crippen LogP contribution in [0.15, 0.2) is 36.4 Å². The van der Waals surface area contributed by atoms with Gasteiger partial charge in [-0.05, 0) is 0 Å². The third kappa shape index (κ3) is 6.08. The SMILES string of the molecule is CCC[CH2][Sn]([CH2]CCC)([CH2]CCC)[c]1ccc(-c2ccc(C(N)=O)cc2)s1. The van der Waals surface area contributed by atoms with Gasteiger partial charge in [-0.2, -0.15) is 0 Å². The van der Waals surface area contributed by atoms with Crippen LogP contribution in [-0.4, -0.2) is 24.3 Å². The van der Waals surface area contributed by atoms with E-state index in [0.717, 1.165) is 0 Å². The zero-order valence-electron chi connectivity index (χ0n) is 17.2. The van der Waals surface area contributed by atoms with E-state index >= 15 is 0 Å².